The van der Waals surface area contributed by atoms with Crippen LogP contribution in [0.5, 0.6) is 23.0 Å². The molecule has 0 aliphatic rings. The molecule has 11 heteroatoms. The Labute approximate surface area is 194 Å². The smallest absolute Gasteiger partial charge is 0.387 e. The predicted molar refractivity (Wildman–Crippen MR) is 121 cm³/mol. The summed E-state index contributed by atoms with van der Waals surface area (Å²) in [6.07, 6.45) is 0. The monoisotopic (exact) mass is 499 g/mol. The number of nitrogens with zero attached hydrogens (tertiary/aromatic N) is 1. The van der Waals surface area contributed by atoms with E-state index in [0.29, 0.717) is 34.4 Å². The molecule has 3 rings (SSSR count). The third-order valence-corrected chi connectivity index (χ3v) is 6.91. The Morgan fingerprint density at radius 3 is 2.33 bits per heavy atom. The fourth-order valence-corrected chi connectivity index (χ4v) is 5.42. The standard InChI is InChI=1S/C22H23F2NO6S2/c1-4-30-17-8-6-15(10-20(17)29-3)21-25-16(11-32-21)13-33(26,27)12-14-5-7-18(31-22(23)24)19(9-14)28-2/h5-11,22H,4,12-13H2,1-3H3. The first-order chi connectivity index (χ1) is 15.7. The lowest BCUT2D eigenvalue weighted by Crippen LogP contribution is -2.09. The summed E-state index contributed by atoms with van der Waals surface area (Å²) in [6.45, 7) is -0.631. The average Bonchev–Trinajstić information content (AvgIpc) is 3.22. The summed E-state index contributed by atoms with van der Waals surface area (Å²) in [6, 6.07) is 9.45. The topological polar surface area (TPSA) is 84.0 Å². The number of benzene rings is 2. The Morgan fingerprint density at radius 1 is 0.970 bits per heavy atom. The largest absolute Gasteiger partial charge is 0.493 e. The van der Waals surface area contributed by atoms with Crippen LogP contribution in [0.2, 0.25) is 0 Å². The fraction of sp³-hybridized carbons (Fsp3) is 0.318. The molecule has 1 heterocycles. The number of ether oxygens (including phenoxy) is 4. The number of aromatic nitrogens is 1. The second-order valence-corrected chi connectivity index (χ2v) is 9.76. The van der Waals surface area contributed by atoms with Crippen LogP contribution in [-0.2, 0) is 21.3 Å². The second kappa shape index (κ2) is 10.8. The lowest BCUT2D eigenvalue weighted by atomic mass is 10.2. The summed E-state index contributed by atoms with van der Waals surface area (Å²) in [7, 11) is -0.755. The van der Waals surface area contributed by atoms with E-state index in [4.69, 9.17) is 14.2 Å². The molecule has 2 aromatic carbocycles. The second-order valence-electron chi connectivity index (χ2n) is 6.84. The minimum atomic E-state index is -3.59. The molecule has 7 nitrogen and oxygen atoms in total. The van der Waals surface area contributed by atoms with E-state index in [0.717, 1.165) is 5.56 Å². The number of methoxy groups -OCH3 is 2. The molecule has 1 aromatic heterocycles. The zero-order valence-electron chi connectivity index (χ0n) is 18.2. The molecule has 0 saturated heterocycles. The first-order valence-corrected chi connectivity index (χ1v) is 12.5. The van der Waals surface area contributed by atoms with Crippen molar-refractivity contribution in [3.8, 4) is 33.6 Å². The van der Waals surface area contributed by atoms with Crippen LogP contribution in [0.15, 0.2) is 41.8 Å². The third kappa shape index (κ3) is 6.55. The van der Waals surface area contributed by atoms with Crippen LogP contribution in [0.1, 0.15) is 18.2 Å². The number of rotatable bonds is 11. The van der Waals surface area contributed by atoms with Gasteiger partial charge in [0.2, 0.25) is 0 Å². The third-order valence-electron chi connectivity index (χ3n) is 4.46. The number of thiazole rings is 1. The van der Waals surface area contributed by atoms with E-state index < -0.39 is 16.4 Å². The Balaban J connectivity index is 1.74. The van der Waals surface area contributed by atoms with Gasteiger partial charge in [0.1, 0.15) is 5.01 Å². The van der Waals surface area contributed by atoms with Gasteiger partial charge in [0.15, 0.2) is 32.8 Å². The van der Waals surface area contributed by atoms with Gasteiger partial charge >= 0.3 is 6.61 Å². The van der Waals surface area contributed by atoms with Crippen LogP contribution < -0.4 is 18.9 Å². The van der Waals surface area contributed by atoms with Crippen molar-refractivity contribution in [2.45, 2.75) is 25.0 Å². The highest BCUT2D eigenvalue weighted by Gasteiger charge is 2.19. The Hall–Kier alpha value is -2.92. The van der Waals surface area contributed by atoms with Gasteiger partial charge < -0.3 is 18.9 Å². The van der Waals surface area contributed by atoms with Gasteiger partial charge in [-0.1, -0.05) is 6.07 Å². The minimum Gasteiger partial charge on any atom is -0.493 e. The van der Waals surface area contributed by atoms with Crippen molar-refractivity contribution < 1.29 is 36.1 Å². The molecule has 0 aliphatic heterocycles. The van der Waals surface area contributed by atoms with Crippen LogP contribution in [-0.4, -0.2) is 40.8 Å². The van der Waals surface area contributed by atoms with Crippen LogP contribution in [0.4, 0.5) is 8.78 Å². The molecule has 0 saturated carbocycles. The number of hydrogen-bond acceptors (Lipinski definition) is 8. The lowest BCUT2D eigenvalue weighted by Gasteiger charge is -2.11. The number of hydrogen-bond donors (Lipinski definition) is 0. The first kappa shape index (κ1) is 24.7. The molecule has 0 radical (unpaired) electrons. The first-order valence-electron chi connectivity index (χ1n) is 9.82. The van der Waals surface area contributed by atoms with Gasteiger partial charge in [-0.15, -0.1) is 11.3 Å². The zero-order valence-corrected chi connectivity index (χ0v) is 19.8. The Bertz CT molecular complexity index is 1200. The van der Waals surface area contributed by atoms with E-state index in [1.54, 1.807) is 24.6 Å². The van der Waals surface area contributed by atoms with Crippen molar-refractivity contribution in [2.24, 2.45) is 0 Å². The molecule has 178 valence electrons. The molecule has 0 unspecified atom stereocenters. The van der Waals surface area contributed by atoms with Crippen molar-refractivity contribution in [3.05, 3.63) is 53.0 Å². The van der Waals surface area contributed by atoms with Crippen molar-refractivity contribution in [2.75, 3.05) is 20.8 Å². The average molecular weight is 500 g/mol. The molecule has 0 amide bonds. The normalized spacial score (nSPS) is 11.5. The van der Waals surface area contributed by atoms with Gasteiger partial charge in [0.05, 0.1) is 38.0 Å². The highest BCUT2D eigenvalue weighted by Crippen LogP contribution is 2.34. The molecule has 3 aromatic rings. The van der Waals surface area contributed by atoms with E-state index in [1.165, 1.54) is 36.6 Å². The summed E-state index contributed by atoms with van der Waals surface area (Å²) in [5.41, 5.74) is 1.58. The van der Waals surface area contributed by atoms with Gasteiger partial charge in [0, 0.05) is 10.9 Å². The number of alkyl halides is 2. The molecule has 0 spiro atoms. The van der Waals surface area contributed by atoms with E-state index in [2.05, 4.69) is 9.72 Å². The summed E-state index contributed by atoms with van der Waals surface area (Å²) in [5, 5.41) is 2.34. The highest BCUT2D eigenvalue weighted by atomic mass is 32.2. The van der Waals surface area contributed by atoms with Crippen LogP contribution in [0, 0.1) is 0 Å². The summed E-state index contributed by atoms with van der Waals surface area (Å²) in [5.74, 6) is 0.472. The molecule has 0 aliphatic carbocycles. The summed E-state index contributed by atoms with van der Waals surface area (Å²) >= 11 is 1.32. The number of halogens is 2. The minimum absolute atomic E-state index is 0.0309. The molecular weight excluding hydrogens is 476 g/mol. The van der Waals surface area contributed by atoms with E-state index in [1.807, 2.05) is 13.0 Å². The molecule has 0 fully saturated rings. The summed E-state index contributed by atoms with van der Waals surface area (Å²) < 4.78 is 70.7. The van der Waals surface area contributed by atoms with Gasteiger partial charge in [-0.3, -0.25) is 0 Å². The SMILES string of the molecule is CCOc1ccc(-c2nc(CS(=O)(=O)Cc3ccc(OC(F)F)c(OC)c3)cs2)cc1OC. The van der Waals surface area contributed by atoms with Gasteiger partial charge in [0.25, 0.3) is 0 Å². The number of sulfone groups is 1. The maximum Gasteiger partial charge on any atom is 0.387 e. The zero-order chi connectivity index (χ0) is 24.0. The molecule has 0 atom stereocenters. The maximum atomic E-state index is 12.7. The van der Waals surface area contributed by atoms with Crippen molar-refractivity contribution >= 4 is 21.2 Å². The molecule has 33 heavy (non-hydrogen) atoms. The van der Waals surface area contributed by atoms with Crippen molar-refractivity contribution in [1.29, 1.82) is 0 Å². The summed E-state index contributed by atoms with van der Waals surface area (Å²) in [4.78, 5) is 4.45. The quantitative estimate of drug-likeness (QED) is 0.369. The highest BCUT2D eigenvalue weighted by molar-refractivity contribution is 7.89. The van der Waals surface area contributed by atoms with E-state index in [-0.39, 0.29) is 23.0 Å². The molecule has 0 N–H and O–H groups in total. The lowest BCUT2D eigenvalue weighted by molar-refractivity contribution is -0.0512. The van der Waals surface area contributed by atoms with Crippen LogP contribution in [0.3, 0.4) is 0 Å². The van der Waals surface area contributed by atoms with E-state index >= 15 is 0 Å². The van der Waals surface area contributed by atoms with Gasteiger partial charge in [-0.25, -0.2) is 13.4 Å². The van der Waals surface area contributed by atoms with Crippen molar-refractivity contribution in [1.82, 2.24) is 4.98 Å². The Morgan fingerprint density at radius 2 is 1.67 bits per heavy atom. The fourth-order valence-electron chi connectivity index (χ4n) is 3.11. The van der Waals surface area contributed by atoms with Crippen LogP contribution in [0.25, 0.3) is 10.6 Å². The maximum absolute atomic E-state index is 12.7. The van der Waals surface area contributed by atoms with Gasteiger partial charge in [-0.2, -0.15) is 8.78 Å². The molecular formula is C22H23F2NO6S2. The Kier molecular flexibility index (Phi) is 8.09. The van der Waals surface area contributed by atoms with Gasteiger partial charge in [-0.05, 0) is 42.8 Å². The molecule has 0 bridgehead atoms. The van der Waals surface area contributed by atoms with E-state index in [9.17, 15) is 17.2 Å². The van der Waals surface area contributed by atoms with Crippen LogP contribution >= 0.6 is 11.3 Å². The predicted octanol–water partition coefficient (Wildman–Crippen LogP) is 4.94. The van der Waals surface area contributed by atoms with Crippen molar-refractivity contribution in [3.63, 3.8) is 0 Å².